The maximum absolute atomic E-state index is 12.6. The molecule has 0 spiro atoms. The molecule has 2 aromatic heterocycles. The van der Waals surface area contributed by atoms with Gasteiger partial charge in [-0.1, -0.05) is 23.5 Å². The molecule has 2 aromatic carbocycles. The van der Waals surface area contributed by atoms with Gasteiger partial charge in [-0.25, -0.2) is 4.79 Å². The predicted octanol–water partition coefficient (Wildman–Crippen LogP) is 2.00. The van der Waals surface area contributed by atoms with Crippen LogP contribution >= 0.6 is 11.3 Å². The van der Waals surface area contributed by atoms with E-state index in [-0.39, 0.29) is 12.1 Å². The molecule has 0 aliphatic carbocycles. The van der Waals surface area contributed by atoms with E-state index in [2.05, 4.69) is 9.98 Å². The van der Waals surface area contributed by atoms with Crippen LogP contribution in [0.25, 0.3) is 21.1 Å². The van der Waals surface area contributed by atoms with Crippen LogP contribution in [0.4, 0.5) is 0 Å². The Morgan fingerprint density at radius 1 is 1.19 bits per heavy atom. The molecule has 0 aliphatic heterocycles. The van der Waals surface area contributed by atoms with Gasteiger partial charge in [0.2, 0.25) is 0 Å². The number of hydrogen-bond donors (Lipinski definition) is 1. The standard InChI is InChI=1S/C19H16N4O3S/c1-3-23-17(25)12-9-8-11(10-13(12)20-18(23)26)16(24)21-19-22(2)14-6-4-5-7-15(14)27-19/h4-10H,3H2,1-2H3,(H,20,26). The summed E-state index contributed by atoms with van der Waals surface area (Å²) < 4.78 is 4.01. The average molecular weight is 380 g/mol. The van der Waals surface area contributed by atoms with Crippen molar-refractivity contribution >= 4 is 38.4 Å². The molecule has 0 saturated heterocycles. The number of aryl methyl sites for hydroxylation is 1. The molecule has 0 fully saturated rings. The summed E-state index contributed by atoms with van der Waals surface area (Å²) in [5, 5.41) is 0.361. The summed E-state index contributed by atoms with van der Waals surface area (Å²) in [5.74, 6) is -0.431. The summed E-state index contributed by atoms with van der Waals surface area (Å²) in [5.41, 5.74) is 0.772. The van der Waals surface area contributed by atoms with Gasteiger partial charge >= 0.3 is 5.69 Å². The Morgan fingerprint density at radius 3 is 2.70 bits per heavy atom. The number of aromatic nitrogens is 3. The summed E-state index contributed by atoms with van der Waals surface area (Å²) in [4.78, 5) is 44.4. The number of thiazole rings is 1. The number of carbonyl (C=O) groups is 1. The second-order valence-corrected chi connectivity index (χ2v) is 7.08. The SMILES string of the molecule is CCn1c(=O)[nH]c2cc(C(=O)N=c3sc4ccccc4n3C)ccc2c1=O. The number of benzene rings is 2. The van der Waals surface area contributed by atoms with Gasteiger partial charge in [0, 0.05) is 19.2 Å². The molecule has 1 amide bonds. The highest BCUT2D eigenvalue weighted by Gasteiger charge is 2.11. The van der Waals surface area contributed by atoms with Crippen LogP contribution in [0.5, 0.6) is 0 Å². The van der Waals surface area contributed by atoms with Crippen molar-refractivity contribution in [2.45, 2.75) is 13.5 Å². The van der Waals surface area contributed by atoms with Crippen molar-refractivity contribution < 1.29 is 4.79 Å². The van der Waals surface area contributed by atoms with Crippen LogP contribution in [0.15, 0.2) is 57.0 Å². The van der Waals surface area contributed by atoms with Crippen molar-refractivity contribution in [1.82, 2.24) is 14.1 Å². The van der Waals surface area contributed by atoms with Crippen LogP contribution < -0.4 is 16.1 Å². The first kappa shape index (κ1) is 17.2. The number of para-hydroxylation sites is 1. The van der Waals surface area contributed by atoms with E-state index in [9.17, 15) is 14.4 Å². The Balaban J connectivity index is 1.84. The zero-order valence-corrected chi connectivity index (χ0v) is 15.5. The van der Waals surface area contributed by atoms with E-state index < -0.39 is 11.6 Å². The Morgan fingerprint density at radius 2 is 1.96 bits per heavy atom. The van der Waals surface area contributed by atoms with E-state index >= 15 is 0 Å². The lowest BCUT2D eigenvalue weighted by Crippen LogP contribution is -2.34. The van der Waals surface area contributed by atoms with Gasteiger partial charge in [-0.3, -0.25) is 14.2 Å². The van der Waals surface area contributed by atoms with Gasteiger partial charge in [0.15, 0.2) is 4.80 Å². The fourth-order valence-electron chi connectivity index (χ4n) is 3.01. The summed E-state index contributed by atoms with van der Waals surface area (Å²) in [6.45, 7) is 2.01. The fraction of sp³-hybridized carbons (Fsp3) is 0.158. The first-order valence-electron chi connectivity index (χ1n) is 8.40. The topological polar surface area (TPSA) is 89.2 Å². The summed E-state index contributed by atoms with van der Waals surface area (Å²) in [7, 11) is 1.86. The third-order valence-electron chi connectivity index (χ3n) is 4.46. The molecular weight excluding hydrogens is 364 g/mol. The molecule has 136 valence electrons. The van der Waals surface area contributed by atoms with Gasteiger partial charge < -0.3 is 9.55 Å². The first-order valence-corrected chi connectivity index (χ1v) is 9.21. The van der Waals surface area contributed by atoms with Crippen LogP contribution in [0.1, 0.15) is 17.3 Å². The molecular formula is C19H16N4O3S. The molecule has 27 heavy (non-hydrogen) atoms. The van der Waals surface area contributed by atoms with E-state index in [1.807, 2.05) is 35.9 Å². The van der Waals surface area contributed by atoms with Crippen LogP contribution in [0.3, 0.4) is 0 Å². The van der Waals surface area contributed by atoms with Crippen LogP contribution in [0.2, 0.25) is 0 Å². The lowest BCUT2D eigenvalue weighted by molar-refractivity contribution is 0.0998. The van der Waals surface area contributed by atoms with Crippen molar-refractivity contribution in [1.29, 1.82) is 0 Å². The Kier molecular flexibility index (Phi) is 4.12. The van der Waals surface area contributed by atoms with E-state index in [0.29, 0.717) is 21.3 Å². The molecule has 4 rings (SSSR count). The number of nitrogens with one attached hydrogen (secondary N) is 1. The molecule has 0 aliphatic rings. The van der Waals surface area contributed by atoms with Crippen molar-refractivity contribution in [2.24, 2.45) is 12.0 Å². The van der Waals surface area contributed by atoms with Crippen molar-refractivity contribution in [3.8, 4) is 0 Å². The second kappa shape index (κ2) is 6.48. The van der Waals surface area contributed by atoms with Crippen LogP contribution in [-0.4, -0.2) is 20.0 Å². The maximum atomic E-state index is 12.6. The molecule has 4 aromatic rings. The third-order valence-corrected chi connectivity index (χ3v) is 5.57. The van der Waals surface area contributed by atoms with E-state index in [1.165, 1.54) is 17.4 Å². The lowest BCUT2D eigenvalue weighted by Gasteiger charge is -2.04. The number of fused-ring (bicyclic) bond motifs is 2. The molecule has 0 atom stereocenters. The molecule has 2 heterocycles. The molecule has 1 N–H and O–H groups in total. The Labute approximate surface area is 156 Å². The van der Waals surface area contributed by atoms with Crippen molar-refractivity contribution in [2.75, 3.05) is 0 Å². The number of amides is 1. The van der Waals surface area contributed by atoms with E-state index in [4.69, 9.17) is 0 Å². The minimum absolute atomic E-state index is 0.280. The van der Waals surface area contributed by atoms with Crippen LogP contribution in [0, 0.1) is 0 Å². The highest BCUT2D eigenvalue weighted by atomic mass is 32.1. The number of nitrogens with zero attached hydrogens (tertiary/aromatic N) is 3. The minimum atomic E-state index is -0.493. The third kappa shape index (κ3) is 2.83. The molecule has 8 heteroatoms. The van der Waals surface area contributed by atoms with Gasteiger partial charge in [0.25, 0.3) is 11.5 Å². The molecule has 0 bridgehead atoms. The van der Waals surface area contributed by atoms with Crippen LogP contribution in [-0.2, 0) is 13.6 Å². The lowest BCUT2D eigenvalue weighted by atomic mass is 10.1. The summed E-state index contributed by atoms with van der Waals surface area (Å²) >= 11 is 1.42. The maximum Gasteiger partial charge on any atom is 0.328 e. The number of aromatic amines is 1. The quantitative estimate of drug-likeness (QED) is 0.577. The predicted molar refractivity (Wildman–Crippen MR) is 105 cm³/mol. The highest BCUT2D eigenvalue weighted by molar-refractivity contribution is 7.16. The number of carbonyl (C=O) groups excluding carboxylic acids is 1. The van der Waals surface area contributed by atoms with Gasteiger partial charge in [-0.15, -0.1) is 0 Å². The first-order chi connectivity index (χ1) is 13.0. The zero-order valence-electron chi connectivity index (χ0n) is 14.7. The van der Waals surface area contributed by atoms with Crippen molar-refractivity contribution in [3.63, 3.8) is 0 Å². The normalized spacial score (nSPS) is 12.1. The number of hydrogen-bond acceptors (Lipinski definition) is 4. The minimum Gasteiger partial charge on any atom is -0.319 e. The molecule has 7 nitrogen and oxygen atoms in total. The Bertz CT molecular complexity index is 1390. The van der Waals surface area contributed by atoms with Gasteiger partial charge in [-0.2, -0.15) is 4.99 Å². The average Bonchev–Trinajstić information content (AvgIpc) is 2.97. The van der Waals surface area contributed by atoms with E-state index in [0.717, 1.165) is 14.8 Å². The van der Waals surface area contributed by atoms with Crippen molar-refractivity contribution in [3.05, 3.63) is 73.7 Å². The summed E-state index contributed by atoms with van der Waals surface area (Å²) in [6.07, 6.45) is 0. The summed E-state index contributed by atoms with van der Waals surface area (Å²) in [6, 6.07) is 12.4. The van der Waals surface area contributed by atoms with Gasteiger partial charge in [0.1, 0.15) is 0 Å². The fourth-order valence-corrected chi connectivity index (χ4v) is 4.03. The van der Waals surface area contributed by atoms with Gasteiger partial charge in [-0.05, 0) is 37.3 Å². The zero-order chi connectivity index (χ0) is 19.1. The largest absolute Gasteiger partial charge is 0.328 e. The molecule has 0 radical (unpaired) electrons. The van der Waals surface area contributed by atoms with E-state index in [1.54, 1.807) is 19.1 Å². The molecule has 0 unspecified atom stereocenters. The highest BCUT2D eigenvalue weighted by Crippen LogP contribution is 2.16. The monoisotopic (exact) mass is 380 g/mol. The number of rotatable bonds is 2. The molecule has 0 saturated carbocycles. The van der Waals surface area contributed by atoms with Gasteiger partial charge in [0.05, 0.1) is 21.1 Å². The Hall–Kier alpha value is -3.26. The second-order valence-electron chi connectivity index (χ2n) is 6.07. The smallest absolute Gasteiger partial charge is 0.319 e. The number of H-pyrrole nitrogens is 1.